The maximum Gasteiger partial charge on any atom is 0.337 e. The lowest BCUT2D eigenvalue weighted by atomic mass is 9.96. The molecule has 0 radical (unpaired) electrons. The van der Waals surface area contributed by atoms with E-state index in [1.807, 2.05) is 72.5 Å². The zero-order chi connectivity index (χ0) is 23.9. The van der Waals surface area contributed by atoms with Crippen molar-refractivity contribution >= 4 is 5.97 Å². The van der Waals surface area contributed by atoms with Crippen LogP contribution < -0.4 is 0 Å². The molecule has 0 aliphatic rings. The molecule has 0 aliphatic heterocycles. The first-order valence-electron chi connectivity index (χ1n) is 11.0. The zero-order valence-electron chi connectivity index (χ0n) is 19.6. The van der Waals surface area contributed by atoms with Crippen molar-refractivity contribution in [1.29, 1.82) is 0 Å². The molecular formula is C26H35F2NO3. The summed E-state index contributed by atoms with van der Waals surface area (Å²) in [6.07, 6.45) is -2.08. The van der Waals surface area contributed by atoms with E-state index in [-0.39, 0.29) is 12.5 Å². The summed E-state index contributed by atoms with van der Waals surface area (Å²) in [4.78, 5) is 14.7. The number of halogens is 2. The molecule has 2 aromatic rings. The Morgan fingerprint density at radius 1 is 1.00 bits per heavy atom. The summed E-state index contributed by atoms with van der Waals surface area (Å²) >= 11 is 0. The Balaban J connectivity index is 2.44. The molecule has 4 nitrogen and oxygen atoms in total. The van der Waals surface area contributed by atoms with Crippen LogP contribution in [0.5, 0.6) is 0 Å². The van der Waals surface area contributed by atoms with Gasteiger partial charge in [-0.05, 0) is 52.2 Å². The Bertz CT molecular complexity index is 832. The Kier molecular flexibility index (Phi) is 8.93. The first-order valence-corrected chi connectivity index (χ1v) is 11.0. The number of aliphatic hydroxyl groups excluding tert-OH is 1. The minimum Gasteiger partial charge on any atom is -0.458 e. The molecule has 6 heteroatoms. The molecule has 2 aromatic carbocycles. The smallest absolute Gasteiger partial charge is 0.337 e. The third-order valence-corrected chi connectivity index (χ3v) is 5.31. The molecule has 0 bridgehead atoms. The van der Waals surface area contributed by atoms with E-state index < -0.39 is 36.1 Å². The second kappa shape index (κ2) is 11.0. The summed E-state index contributed by atoms with van der Waals surface area (Å²) in [5.74, 6) is -3.72. The van der Waals surface area contributed by atoms with Gasteiger partial charge in [-0.2, -0.15) is 0 Å². The van der Waals surface area contributed by atoms with Crippen molar-refractivity contribution in [2.45, 2.75) is 83.7 Å². The highest BCUT2D eigenvalue weighted by Crippen LogP contribution is 2.31. The van der Waals surface area contributed by atoms with Crippen LogP contribution in [-0.4, -0.2) is 39.6 Å². The number of hydrogen-bond donors (Lipinski definition) is 1. The molecule has 0 heterocycles. The number of alkyl halides is 2. The molecule has 0 aromatic heterocycles. The van der Waals surface area contributed by atoms with Crippen molar-refractivity contribution < 1.29 is 23.4 Å². The van der Waals surface area contributed by atoms with Gasteiger partial charge in [-0.15, -0.1) is 0 Å². The van der Waals surface area contributed by atoms with Crippen LogP contribution in [0.15, 0.2) is 60.7 Å². The van der Waals surface area contributed by atoms with Crippen molar-refractivity contribution in [3.8, 4) is 0 Å². The number of benzene rings is 2. The molecule has 0 saturated heterocycles. The quantitative estimate of drug-likeness (QED) is 0.471. The van der Waals surface area contributed by atoms with E-state index in [0.717, 1.165) is 18.1 Å². The van der Waals surface area contributed by atoms with Crippen LogP contribution >= 0.6 is 0 Å². The standard InChI is InChI=1S/C26H35F2NO3/c1-19(21-14-10-7-11-15-21)29(18-20-12-8-6-9-13-20)22(16-17-26(5,27)28)23(30)24(31)32-25(2,3)4/h6-15,19,22-23,30H,16-18H2,1-5H3/t19-,22-,23-/m0/s1. The van der Waals surface area contributed by atoms with E-state index in [2.05, 4.69) is 0 Å². The first-order chi connectivity index (χ1) is 14.9. The molecule has 0 saturated carbocycles. The van der Waals surface area contributed by atoms with Gasteiger partial charge >= 0.3 is 5.97 Å². The lowest BCUT2D eigenvalue weighted by molar-refractivity contribution is -0.170. The fourth-order valence-corrected chi connectivity index (χ4v) is 3.68. The van der Waals surface area contributed by atoms with Gasteiger partial charge in [0.2, 0.25) is 5.92 Å². The molecule has 176 valence electrons. The molecule has 0 amide bonds. The monoisotopic (exact) mass is 447 g/mol. The molecule has 0 unspecified atom stereocenters. The van der Waals surface area contributed by atoms with Gasteiger partial charge in [-0.3, -0.25) is 4.90 Å². The van der Waals surface area contributed by atoms with Crippen molar-refractivity contribution in [2.24, 2.45) is 0 Å². The fourth-order valence-electron chi connectivity index (χ4n) is 3.68. The van der Waals surface area contributed by atoms with Crippen LogP contribution in [0.1, 0.15) is 64.6 Å². The highest BCUT2D eigenvalue weighted by atomic mass is 19.3. The van der Waals surface area contributed by atoms with Gasteiger partial charge in [-0.25, -0.2) is 13.6 Å². The lowest BCUT2D eigenvalue weighted by Gasteiger charge is -2.39. The van der Waals surface area contributed by atoms with Gasteiger partial charge in [0.25, 0.3) is 0 Å². The van der Waals surface area contributed by atoms with E-state index >= 15 is 0 Å². The van der Waals surface area contributed by atoms with Gasteiger partial charge in [0, 0.05) is 25.0 Å². The van der Waals surface area contributed by atoms with E-state index in [4.69, 9.17) is 4.74 Å². The SMILES string of the molecule is C[C@@H](c1ccccc1)N(Cc1ccccc1)[C@@H](CCC(C)(F)F)[C@H](O)C(=O)OC(C)(C)C. The molecule has 0 spiro atoms. The first kappa shape index (κ1) is 25.9. The largest absolute Gasteiger partial charge is 0.458 e. The highest BCUT2D eigenvalue weighted by molar-refractivity contribution is 5.75. The third-order valence-electron chi connectivity index (χ3n) is 5.31. The molecule has 2 rings (SSSR count). The molecule has 1 N–H and O–H groups in total. The molecule has 3 atom stereocenters. The van der Waals surface area contributed by atoms with E-state index in [0.29, 0.717) is 6.54 Å². The second-order valence-electron chi connectivity index (χ2n) is 9.40. The summed E-state index contributed by atoms with van der Waals surface area (Å²) < 4.78 is 33.0. The summed E-state index contributed by atoms with van der Waals surface area (Å²) in [5, 5.41) is 11.0. The number of rotatable bonds is 10. The van der Waals surface area contributed by atoms with Gasteiger partial charge in [0.15, 0.2) is 6.10 Å². The zero-order valence-corrected chi connectivity index (χ0v) is 19.6. The second-order valence-corrected chi connectivity index (χ2v) is 9.40. The predicted molar refractivity (Wildman–Crippen MR) is 122 cm³/mol. The fraction of sp³-hybridized carbons (Fsp3) is 0.500. The number of nitrogens with zero attached hydrogens (tertiary/aromatic N) is 1. The highest BCUT2D eigenvalue weighted by Gasteiger charge is 2.38. The van der Waals surface area contributed by atoms with Crippen molar-refractivity contribution in [3.63, 3.8) is 0 Å². The van der Waals surface area contributed by atoms with Crippen LogP contribution in [-0.2, 0) is 16.1 Å². The van der Waals surface area contributed by atoms with Crippen LogP contribution in [0.2, 0.25) is 0 Å². The average Bonchev–Trinajstić information content (AvgIpc) is 2.71. The maximum absolute atomic E-state index is 13.8. The van der Waals surface area contributed by atoms with Crippen LogP contribution in [0, 0.1) is 0 Å². The van der Waals surface area contributed by atoms with Gasteiger partial charge < -0.3 is 9.84 Å². The summed E-state index contributed by atoms with van der Waals surface area (Å²) in [7, 11) is 0. The van der Waals surface area contributed by atoms with Gasteiger partial charge in [0.1, 0.15) is 5.60 Å². The molecule has 0 aliphatic carbocycles. The maximum atomic E-state index is 13.8. The van der Waals surface area contributed by atoms with Gasteiger partial charge in [-0.1, -0.05) is 60.7 Å². The van der Waals surface area contributed by atoms with E-state index in [1.165, 1.54) is 0 Å². The molecule has 32 heavy (non-hydrogen) atoms. The summed E-state index contributed by atoms with van der Waals surface area (Å²) in [6.45, 7) is 8.32. The van der Waals surface area contributed by atoms with Crippen molar-refractivity contribution in [1.82, 2.24) is 4.90 Å². The summed E-state index contributed by atoms with van der Waals surface area (Å²) in [6, 6.07) is 18.1. The minimum atomic E-state index is -2.92. The number of hydrogen-bond acceptors (Lipinski definition) is 4. The van der Waals surface area contributed by atoms with Crippen LogP contribution in [0.4, 0.5) is 8.78 Å². The Morgan fingerprint density at radius 2 is 1.53 bits per heavy atom. The number of aliphatic hydroxyl groups is 1. The minimum absolute atomic E-state index is 0.0616. The Morgan fingerprint density at radius 3 is 2.03 bits per heavy atom. The number of ether oxygens (including phenoxy) is 1. The normalized spacial score (nSPS) is 15.3. The van der Waals surface area contributed by atoms with E-state index in [9.17, 15) is 18.7 Å². The van der Waals surface area contributed by atoms with Crippen molar-refractivity contribution in [3.05, 3.63) is 71.8 Å². The summed E-state index contributed by atoms with van der Waals surface area (Å²) in [5.41, 5.74) is 1.13. The van der Waals surface area contributed by atoms with E-state index in [1.54, 1.807) is 20.8 Å². The molecular weight excluding hydrogens is 412 g/mol. The van der Waals surface area contributed by atoms with Crippen LogP contribution in [0.25, 0.3) is 0 Å². The number of carbonyl (C=O) groups is 1. The third kappa shape index (κ3) is 8.32. The number of esters is 1. The average molecular weight is 448 g/mol. The predicted octanol–water partition coefficient (Wildman–Crippen LogP) is 5.76. The van der Waals surface area contributed by atoms with Crippen molar-refractivity contribution in [2.75, 3.05) is 0 Å². The Labute approximate surface area is 190 Å². The number of carbonyl (C=O) groups excluding carboxylic acids is 1. The van der Waals surface area contributed by atoms with Gasteiger partial charge in [0.05, 0.1) is 0 Å². The van der Waals surface area contributed by atoms with Crippen LogP contribution in [0.3, 0.4) is 0 Å². The topological polar surface area (TPSA) is 49.8 Å². The lowest BCUT2D eigenvalue weighted by Crippen LogP contribution is -2.50. The Hall–Kier alpha value is -2.31. The molecule has 0 fully saturated rings.